The molecule has 0 atom stereocenters. The molecule has 2 aromatic rings. The molecule has 0 aliphatic rings. The number of anilines is 1. The second kappa shape index (κ2) is 5.40. The molecule has 2 heterocycles. The van der Waals surface area contributed by atoms with Gasteiger partial charge in [0.2, 0.25) is 0 Å². The quantitative estimate of drug-likeness (QED) is 0.779. The summed E-state index contributed by atoms with van der Waals surface area (Å²) in [5, 5.41) is 23.2. The molecule has 6 heteroatoms. The number of aliphatic hydroxyl groups excluding tert-OH is 2. The van der Waals surface area contributed by atoms with E-state index < -0.39 is 5.54 Å². The summed E-state index contributed by atoms with van der Waals surface area (Å²) in [7, 11) is 0. The Morgan fingerprint density at radius 3 is 2.53 bits per heavy atom. The van der Waals surface area contributed by atoms with E-state index in [1.165, 1.54) is 11.2 Å². The highest BCUT2D eigenvalue weighted by Gasteiger charge is 2.28. The van der Waals surface area contributed by atoms with Crippen molar-refractivity contribution in [2.45, 2.75) is 32.7 Å². The Labute approximate surface area is 116 Å². The van der Waals surface area contributed by atoms with E-state index in [-0.39, 0.29) is 13.2 Å². The van der Waals surface area contributed by atoms with Gasteiger partial charge in [0.15, 0.2) is 0 Å². The Hall–Kier alpha value is -1.24. The summed E-state index contributed by atoms with van der Waals surface area (Å²) in [5.41, 5.74) is 0.396. The van der Waals surface area contributed by atoms with Gasteiger partial charge in [-0.05, 0) is 25.8 Å². The van der Waals surface area contributed by atoms with Crippen LogP contribution in [0.3, 0.4) is 0 Å². The van der Waals surface area contributed by atoms with E-state index in [1.807, 2.05) is 13.8 Å². The molecule has 3 N–H and O–H groups in total. The van der Waals surface area contributed by atoms with Crippen LogP contribution in [0.15, 0.2) is 6.33 Å². The van der Waals surface area contributed by atoms with Crippen LogP contribution in [0, 0.1) is 13.8 Å². The number of thiophene rings is 1. The lowest BCUT2D eigenvalue weighted by molar-refractivity contribution is 0.132. The minimum atomic E-state index is -0.746. The first-order valence-electron chi connectivity index (χ1n) is 6.27. The van der Waals surface area contributed by atoms with Gasteiger partial charge in [-0.15, -0.1) is 11.3 Å². The van der Waals surface area contributed by atoms with Gasteiger partial charge in [-0.1, -0.05) is 6.92 Å². The summed E-state index contributed by atoms with van der Waals surface area (Å²) < 4.78 is 0. The third-order valence-corrected chi connectivity index (χ3v) is 4.75. The summed E-state index contributed by atoms with van der Waals surface area (Å²) in [6, 6.07) is 0. The predicted molar refractivity (Wildman–Crippen MR) is 77.7 cm³/mol. The number of fused-ring (bicyclic) bond motifs is 1. The monoisotopic (exact) mass is 281 g/mol. The molecule has 0 amide bonds. The van der Waals surface area contributed by atoms with E-state index in [0.717, 1.165) is 15.8 Å². The normalized spacial score (nSPS) is 12.1. The van der Waals surface area contributed by atoms with Crippen molar-refractivity contribution in [3.05, 3.63) is 16.8 Å². The van der Waals surface area contributed by atoms with Crippen LogP contribution in [0.4, 0.5) is 5.82 Å². The van der Waals surface area contributed by atoms with Gasteiger partial charge in [0.1, 0.15) is 17.0 Å². The van der Waals surface area contributed by atoms with Gasteiger partial charge in [-0.25, -0.2) is 9.97 Å². The van der Waals surface area contributed by atoms with Crippen molar-refractivity contribution in [1.29, 1.82) is 0 Å². The molecule has 19 heavy (non-hydrogen) atoms. The van der Waals surface area contributed by atoms with Gasteiger partial charge in [0.05, 0.1) is 24.1 Å². The van der Waals surface area contributed by atoms with Crippen LogP contribution in [0.1, 0.15) is 23.8 Å². The molecule has 0 unspecified atom stereocenters. The maximum Gasteiger partial charge on any atom is 0.139 e. The molecule has 0 aliphatic carbocycles. The molecular weight excluding hydrogens is 262 g/mol. The van der Waals surface area contributed by atoms with Crippen molar-refractivity contribution in [1.82, 2.24) is 9.97 Å². The molecule has 0 bridgehead atoms. The van der Waals surface area contributed by atoms with Crippen molar-refractivity contribution in [3.8, 4) is 0 Å². The number of aromatic nitrogens is 2. The fourth-order valence-electron chi connectivity index (χ4n) is 1.97. The average molecular weight is 281 g/mol. The first-order valence-corrected chi connectivity index (χ1v) is 7.09. The van der Waals surface area contributed by atoms with Crippen LogP contribution in [0.5, 0.6) is 0 Å². The lowest BCUT2D eigenvalue weighted by Crippen LogP contribution is -2.45. The maximum atomic E-state index is 9.52. The first kappa shape index (κ1) is 14.2. The molecule has 0 fully saturated rings. The van der Waals surface area contributed by atoms with E-state index in [4.69, 9.17) is 0 Å². The SMILES string of the molecule is CCC(CO)(CO)Nc1ncnc2sc(C)c(C)c12. The molecule has 0 spiro atoms. The number of aryl methyl sites for hydroxylation is 2. The zero-order chi connectivity index (χ0) is 14.0. The number of rotatable bonds is 5. The van der Waals surface area contributed by atoms with E-state index in [0.29, 0.717) is 12.2 Å². The maximum absolute atomic E-state index is 9.52. The molecule has 0 aliphatic heterocycles. The standard InChI is InChI=1S/C13H19N3O2S/c1-4-13(5-17,6-18)16-11-10-8(2)9(3)19-12(10)15-7-14-11/h7,17-18H,4-6H2,1-3H3,(H,14,15,16). The van der Waals surface area contributed by atoms with Gasteiger partial charge >= 0.3 is 0 Å². The Bertz CT molecular complexity index is 570. The van der Waals surface area contributed by atoms with E-state index in [9.17, 15) is 10.2 Å². The van der Waals surface area contributed by atoms with Crippen LogP contribution >= 0.6 is 11.3 Å². The highest BCUT2D eigenvalue weighted by molar-refractivity contribution is 7.18. The van der Waals surface area contributed by atoms with Crippen molar-refractivity contribution in [2.75, 3.05) is 18.5 Å². The van der Waals surface area contributed by atoms with Gasteiger partial charge in [0, 0.05) is 4.88 Å². The van der Waals surface area contributed by atoms with Crippen LogP contribution in [-0.4, -0.2) is 38.9 Å². The van der Waals surface area contributed by atoms with Crippen molar-refractivity contribution >= 4 is 27.4 Å². The molecule has 0 aromatic carbocycles. The zero-order valence-electron chi connectivity index (χ0n) is 11.4. The van der Waals surface area contributed by atoms with Crippen molar-refractivity contribution < 1.29 is 10.2 Å². The summed E-state index contributed by atoms with van der Waals surface area (Å²) in [5.74, 6) is 0.678. The zero-order valence-corrected chi connectivity index (χ0v) is 12.2. The summed E-state index contributed by atoms with van der Waals surface area (Å²) in [6.07, 6.45) is 2.11. The molecule has 5 nitrogen and oxygen atoms in total. The first-order chi connectivity index (χ1) is 9.06. The van der Waals surface area contributed by atoms with Gasteiger partial charge in [-0.2, -0.15) is 0 Å². The smallest absolute Gasteiger partial charge is 0.139 e. The van der Waals surface area contributed by atoms with Crippen LogP contribution in [0.2, 0.25) is 0 Å². The predicted octanol–water partition coefficient (Wildman–Crippen LogP) is 1.85. The van der Waals surface area contributed by atoms with Crippen LogP contribution in [-0.2, 0) is 0 Å². The number of hydrogen-bond donors (Lipinski definition) is 3. The summed E-state index contributed by atoms with van der Waals surface area (Å²) in [4.78, 5) is 10.7. The lowest BCUT2D eigenvalue weighted by atomic mass is 9.98. The van der Waals surface area contributed by atoms with E-state index in [2.05, 4.69) is 22.2 Å². The van der Waals surface area contributed by atoms with Gasteiger partial charge in [0.25, 0.3) is 0 Å². The minimum absolute atomic E-state index is 0.145. The Kier molecular flexibility index (Phi) is 4.03. The number of nitrogens with zero attached hydrogens (tertiary/aromatic N) is 2. The topological polar surface area (TPSA) is 78.3 Å². The second-order valence-corrected chi connectivity index (χ2v) is 5.96. The third-order valence-electron chi connectivity index (χ3n) is 3.63. The minimum Gasteiger partial charge on any atom is -0.394 e. The number of hydrogen-bond acceptors (Lipinski definition) is 6. The molecular formula is C13H19N3O2S. The van der Waals surface area contributed by atoms with Gasteiger partial charge < -0.3 is 15.5 Å². The van der Waals surface area contributed by atoms with Crippen molar-refractivity contribution in [2.24, 2.45) is 0 Å². The Balaban J connectivity index is 2.51. The molecule has 2 aromatic heterocycles. The lowest BCUT2D eigenvalue weighted by Gasteiger charge is -2.30. The van der Waals surface area contributed by atoms with Crippen LogP contribution < -0.4 is 5.32 Å². The van der Waals surface area contributed by atoms with Crippen molar-refractivity contribution in [3.63, 3.8) is 0 Å². The largest absolute Gasteiger partial charge is 0.394 e. The van der Waals surface area contributed by atoms with E-state index >= 15 is 0 Å². The highest BCUT2D eigenvalue weighted by atomic mass is 32.1. The molecule has 104 valence electrons. The molecule has 0 radical (unpaired) electrons. The van der Waals surface area contributed by atoms with Crippen LogP contribution in [0.25, 0.3) is 10.2 Å². The highest BCUT2D eigenvalue weighted by Crippen LogP contribution is 2.33. The Morgan fingerprint density at radius 2 is 1.95 bits per heavy atom. The number of aliphatic hydroxyl groups is 2. The molecule has 0 saturated heterocycles. The molecule has 2 rings (SSSR count). The average Bonchev–Trinajstić information content (AvgIpc) is 2.73. The molecule has 0 saturated carbocycles. The third kappa shape index (κ3) is 2.43. The summed E-state index contributed by atoms with van der Waals surface area (Å²) in [6.45, 7) is 5.72. The van der Waals surface area contributed by atoms with Gasteiger partial charge in [-0.3, -0.25) is 0 Å². The fourth-order valence-corrected chi connectivity index (χ4v) is 2.97. The fraction of sp³-hybridized carbons (Fsp3) is 0.538. The van der Waals surface area contributed by atoms with E-state index in [1.54, 1.807) is 11.3 Å². The second-order valence-electron chi connectivity index (χ2n) is 4.76. The Morgan fingerprint density at radius 1 is 1.26 bits per heavy atom. The number of nitrogens with one attached hydrogen (secondary N) is 1. The summed E-state index contributed by atoms with van der Waals surface area (Å²) >= 11 is 1.63.